The summed E-state index contributed by atoms with van der Waals surface area (Å²) in [6.07, 6.45) is 0.557. The molecule has 1 heterocycles. The molecule has 2 rings (SSSR count). The normalized spacial score (nSPS) is 18.6. The molecular weight excluding hydrogens is 240 g/mol. The van der Waals surface area contributed by atoms with Gasteiger partial charge < -0.3 is 15.2 Å². The van der Waals surface area contributed by atoms with Crippen LogP contribution in [-0.2, 0) is 22.6 Å². The maximum Gasteiger partial charge on any atom is 0.158 e. The molecule has 0 saturated heterocycles. The van der Waals surface area contributed by atoms with Crippen LogP contribution < -0.4 is 5.73 Å². The summed E-state index contributed by atoms with van der Waals surface area (Å²) >= 11 is 0. The lowest BCUT2D eigenvalue weighted by atomic mass is 9.95. The third-order valence-corrected chi connectivity index (χ3v) is 4.18. The van der Waals surface area contributed by atoms with Gasteiger partial charge in [0.15, 0.2) is 6.29 Å². The molecule has 106 valence electrons. The maximum absolute atomic E-state index is 6.03. The van der Waals surface area contributed by atoms with Crippen molar-refractivity contribution in [1.29, 1.82) is 0 Å². The third kappa shape index (κ3) is 2.98. The summed E-state index contributed by atoms with van der Waals surface area (Å²) in [4.78, 5) is 2.42. The molecule has 1 aliphatic heterocycles. The van der Waals surface area contributed by atoms with Crippen LogP contribution in [0.1, 0.15) is 24.5 Å². The standard InChI is InChI=1S/C15H24N2O2/c1-15(11-16,8-14(18-2)19-3)17-9-12-6-4-5-7-13(12)10-17/h4-7,14H,8-11,16H2,1-3H3. The Morgan fingerprint density at radius 1 is 1.21 bits per heavy atom. The molecule has 1 aromatic rings. The van der Waals surface area contributed by atoms with Crippen LogP contribution in [0, 0.1) is 0 Å². The van der Waals surface area contributed by atoms with Gasteiger partial charge in [-0.05, 0) is 18.1 Å². The van der Waals surface area contributed by atoms with E-state index in [9.17, 15) is 0 Å². The molecule has 0 spiro atoms. The lowest BCUT2D eigenvalue weighted by Crippen LogP contribution is -2.51. The van der Waals surface area contributed by atoms with Crippen LogP contribution in [0.25, 0.3) is 0 Å². The molecule has 0 bridgehead atoms. The average molecular weight is 264 g/mol. The fourth-order valence-corrected chi connectivity index (χ4v) is 2.68. The number of fused-ring (bicyclic) bond motifs is 1. The van der Waals surface area contributed by atoms with E-state index in [0.29, 0.717) is 6.54 Å². The van der Waals surface area contributed by atoms with Gasteiger partial charge in [-0.2, -0.15) is 0 Å². The van der Waals surface area contributed by atoms with Gasteiger partial charge in [-0.3, -0.25) is 4.90 Å². The average Bonchev–Trinajstić information content (AvgIpc) is 2.89. The van der Waals surface area contributed by atoms with Gasteiger partial charge in [-0.25, -0.2) is 0 Å². The van der Waals surface area contributed by atoms with Crippen LogP contribution in [0.15, 0.2) is 24.3 Å². The second-order valence-electron chi connectivity index (χ2n) is 5.43. The topological polar surface area (TPSA) is 47.7 Å². The minimum Gasteiger partial charge on any atom is -0.356 e. The van der Waals surface area contributed by atoms with Crippen molar-refractivity contribution in [3.05, 3.63) is 35.4 Å². The number of benzene rings is 1. The van der Waals surface area contributed by atoms with Crippen LogP contribution in [0.4, 0.5) is 0 Å². The van der Waals surface area contributed by atoms with E-state index < -0.39 is 0 Å². The number of hydrogen-bond donors (Lipinski definition) is 1. The van der Waals surface area contributed by atoms with Gasteiger partial charge in [-0.15, -0.1) is 0 Å². The molecule has 1 aliphatic rings. The van der Waals surface area contributed by atoms with E-state index in [1.54, 1.807) is 14.2 Å². The summed E-state index contributed by atoms with van der Waals surface area (Å²) in [5.41, 5.74) is 8.70. The predicted octanol–water partition coefficient (Wildman–Crippen LogP) is 1.73. The summed E-state index contributed by atoms with van der Waals surface area (Å²) in [7, 11) is 3.34. The Bertz CT molecular complexity index is 395. The van der Waals surface area contributed by atoms with Crippen molar-refractivity contribution in [1.82, 2.24) is 4.90 Å². The van der Waals surface area contributed by atoms with Gasteiger partial charge in [0, 0.05) is 45.8 Å². The van der Waals surface area contributed by atoms with Gasteiger partial charge in [-0.1, -0.05) is 24.3 Å². The highest BCUT2D eigenvalue weighted by Gasteiger charge is 2.36. The fraction of sp³-hybridized carbons (Fsp3) is 0.600. The number of ether oxygens (including phenoxy) is 2. The number of methoxy groups -OCH3 is 2. The van der Waals surface area contributed by atoms with Crippen molar-refractivity contribution in [2.75, 3.05) is 20.8 Å². The first kappa shape index (κ1) is 14.5. The van der Waals surface area contributed by atoms with Crippen LogP contribution >= 0.6 is 0 Å². The number of nitrogens with two attached hydrogens (primary N) is 1. The Morgan fingerprint density at radius 3 is 2.16 bits per heavy atom. The maximum atomic E-state index is 6.03. The van der Waals surface area contributed by atoms with E-state index in [1.165, 1.54) is 11.1 Å². The van der Waals surface area contributed by atoms with Crippen LogP contribution in [0.3, 0.4) is 0 Å². The Hall–Kier alpha value is -0.940. The van der Waals surface area contributed by atoms with Crippen molar-refractivity contribution >= 4 is 0 Å². The largest absolute Gasteiger partial charge is 0.356 e. The second kappa shape index (κ2) is 6.01. The first-order chi connectivity index (χ1) is 9.12. The molecule has 0 aromatic heterocycles. The molecule has 0 aliphatic carbocycles. The zero-order valence-corrected chi connectivity index (χ0v) is 12.1. The van der Waals surface area contributed by atoms with Crippen molar-refractivity contribution in [2.24, 2.45) is 5.73 Å². The summed E-state index contributed by atoms with van der Waals surface area (Å²) < 4.78 is 10.7. The molecule has 19 heavy (non-hydrogen) atoms. The molecule has 1 atom stereocenters. The second-order valence-corrected chi connectivity index (χ2v) is 5.43. The van der Waals surface area contributed by atoms with Crippen molar-refractivity contribution in [3.8, 4) is 0 Å². The number of hydrogen-bond acceptors (Lipinski definition) is 4. The van der Waals surface area contributed by atoms with Gasteiger partial charge in [0.05, 0.1) is 0 Å². The monoisotopic (exact) mass is 264 g/mol. The van der Waals surface area contributed by atoms with Crippen LogP contribution in [-0.4, -0.2) is 37.5 Å². The quantitative estimate of drug-likeness (QED) is 0.795. The molecule has 4 nitrogen and oxygen atoms in total. The van der Waals surface area contributed by atoms with E-state index in [2.05, 4.69) is 36.1 Å². The molecular formula is C15H24N2O2. The zero-order chi connectivity index (χ0) is 13.9. The highest BCUT2D eigenvalue weighted by atomic mass is 16.7. The highest BCUT2D eigenvalue weighted by Crippen LogP contribution is 2.31. The molecule has 1 unspecified atom stereocenters. The van der Waals surface area contributed by atoms with Crippen LogP contribution in [0.2, 0.25) is 0 Å². The Morgan fingerprint density at radius 2 is 1.74 bits per heavy atom. The fourth-order valence-electron chi connectivity index (χ4n) is 2.68. The molecule has 1 aromatic carbocycles. The minimum absolute atomic E-state index is 0.115. The SMILES string of the molecule is COC(CC(C)(CN)N1Cc2ccccc2C1)OC. The summed E-state index contributed by atoms with van der Waals surface area (Å²) in [5, 5.41) is 0. The summed E-state index contributed by atoms with van der Waals surface area (Å²) in [6, 6.07) is 8.57. The lowest BCUT2D eigenvalue weighted by Gasteiger charge is -2.39. The van der Waals surface area contributed by atoms with Gasteiger partial charge >= 0.3 is 0 Å². The highest BCUT2D eigenvalue weighted by molar-refractivity contribution is 5.31. The molecule has 4 heteroatoms. The summed E-state index contributed by atoms with van der Waals surface area (Å²) in [6.45, 7) is 4.67. The first-order valence-corrected chi connectivity index (χ1v) is 6.70. The molecule has 0 saturated carbocycles. The molecule has 0 amide bonds. The van der Waals surface area contributed by atoms with E-state index in [1.807, 2.05) is 0 Å². The van der Waals surface area contributed by atoms with Crippen LogP contribution in [0.5, 0.6) is 0 Å². The predicted molar refractivity (Wildman–Crippen MR) is 75.6 cm³/mol. The minimum atomic E-state index is -0.211. The zero-order valence-electron chi connectivity index (χ0n) is 12.1. The van der Waals surface area contributed by atoms with Crippen molar-refractivity contribution < 1.29 is 9.47 Å². The Kier molecular flexibility index (Phi) is 4.58. The van der Waals surface area contributed by atoms with Crippen molar-refractivity contribution in [2.45, 2.75) is 38.3 Å². The van der Waals surface area contributed by atoms with Crippen molar-refractivity contribution in [3.63, 3.8) is 0 Å². The van der Waals surface area contributed by atoms with Gasteiger partial charge in [0.2, 0.25) is 0 Å². The van der Waals surface area contributed by atoms with E-state index >= 15 is 0 Å². The molecule has 2 N–H and O–H groups in total. The Balaban J connectivity index is 2.11. The third-order valence-electron chi connectivity index (χ3n) is 4.18. The lowest BCUT2D eigenvalue weighted by molar-refractivity contribution is -0.129. The number of rotatable bonds is 6. The van der Waals surface area contributed by atoms with Gasteiger partial charge in [0.25, 0.3) is 0 Å². The number of nitrogens with zero attached hydrogens (tertiary/aromatic N) is 1. The first-order valence-electron chi connectivity index (χ1n) is 6.70. The molecule has 0 radical (unpaired) electrons. The molecule has 0 fully saturated rings. The van der Waals surface area contributed by atoms with E-state index in [-0.39, 0.29) is 11.8 Å². The summed E-state index contributed by atoms with van der Waals surface area (Å²) in [5.74, 6) is 0. The van der Waals surface area contributed by atoms with Gasteiger partial charge in [0.1, 0.15) is 0 Å². The van der Waals surface area contributed by atoms with E-state index in [4.69, 9.17) is 15.2 Å². The smallest absolute Gasteiger partial charge is 0.158 e. The van der Waals surface area contributed by atoms with E-state index in [0.717, 1.165) is 19.5 Å². The Labute approximate surface area is 115 Å².